The lowest BCUT2D eigenvalue weighted by Gasteiger charge is -2.13. The number of hydrogen-bond donors (Lipinski definition) is 1. The second-order valence-electron chi connectivity index (χ2n) is 7.36. The molecule has 1 amide bonds. The van der Waals surface area contributed by atoms with Crippen LogP contribution in [0.1, 0.15) is 5.56 Å². The van der Waals surface area contributed by atoms with Crippen LogP contribution in [0, 0.1) is 0 Å². The Balaban J connectivity index is 1.55. The smallest absolute Gasteiger partial charge is 0.259 e. The summed E-state index contributed by atoms with van der Waals surface area (Å²) in [5, 5.41) is 4.41. The van der Waals surface area contributed by atoms with E-state index in [9.17, 15) is 4.79 Å². The van der Waals surface area contributed by atoms with Crippen molar-refractivity contribution in [2.24, 2.45) is 0 Å². The van der Waals surface area contributed by atoms with Gasteiger partial charge in [-0.1, -0.05) is 54.6 Å². The van der Waals surface area contributed by atoms with Gasteiger partial charge in [0.25, 0.3) is 5.91 Å². The Bertz CT molecular complexity index is 1190. The SMILES string of the molecule is CN(C)C(=O)COc1cccc(CNc2nc(-c3ccccc3)nc3ccccc23)c1. The van der Waals surface area contributed by atoms with E-state index in [1.165, 1.54) is 4.90 Å². The number of hydrogen-bond acceptors (Lipinski definition) is 5. The van der Waals surface area contributed by atoms with Crippen molar-refractivity contribution < 1.29 is 9.53 Å². The number of carbonyl (C=O) groups is 1. The third-order valence-corrected chi connectivity index (χ3v) is 4.85. The molecule has 6 nitrogen and oxygen atoms in total. The molecule has 3 aromatic carbocycles. The first-order valence-electron chi connectivity index (χ1n) is 10.1. The van der Waals surface area contributed by atoms with Crippen molar-refractivity contribution in [3.8, 4) is 17.1 Å². The van der Waals surface area contributed by atoms with Gasteiger partial charge in [0, 0.05) is 31.6 Å². The van der Waals surface area contributed by atoms with Crippen molar-refractivity contribution >= 4 is 22.6 Å². The van der Waals surface area contributed by atoms with Crippen molar-refractivity contribution in [2.45, 2.75) is 6.54 Å². The molecule has 0 unspecified atom stereocenters. The molecule has 0 fully saturated rings. The minimum absolute atomic E-state index is 0.0147. The monoisotopic (exact) mass is 412 g/mol. The molecule has 1 aromatic heterocycles. The zero-order valence-corrected chi connectivity index (χ0v) is 17.6. The topological polar surface area (TPSA) is 67.3 Å². The predicted octanol–water partition coefficient (Wildman–Crippen LogP) is 4.38. The summed E-state index contributed by atoms with van der Waals surface area (Å²) in [4.78, 5) is 22.8. The lowest BCUT2D eigenvalue weighted by molar-refractivity contribution is -0.130. The minimum atomic E-state index is -0.0792. The molecule has 0 saturated heterocycles. The second kappa shape index (κ2) is 9.26. The molecule has 6 heteroatoms. The largest absolute Gasteiger partial charge is 0.484 e. The summed E-state index contributed by atoms with van der Waals surface area (Å²) in [7, 11) is 3.42. The van der Waals surface area contributed by atoms with E-state index >= 15 is 0 Å². The molecule has 0 spiro atoms. The van der Waals surface area contributed by atoms with Crippen molar-refractivity contribution in [3.63, 3.8) is 0 Å². The van der Waals surface area contributed by atoms with Gasteiger partial charge in [0.1, 0.15) is 11.6 Å². The molecule has 0 aliphatic carbocycles. The zero-order valence-electron chi connectivity index (χ0n) is 17.6. The number of rotatable bonds is 7. The summed E-state index contributed by atoms with van der Waals surface area (Å²) in [6.07, 6.45) is 0. The highest BCUT2D eigenvalue weighted by Crippen LogP contribution is 2.25. The van der Waals surface area contributed by atoms with Gasteiger partial charge in [-0.25, -0.2) is 9.97 Å². The number of ether oxygens (including phenoxy) is 1. The third kappa shape index (κ3) is 4.98. The van der Waals surface area contributed by atoms with Crippen LogP contribution < -0.4 is 10.1 Å². The van der Waals surface area contributed by atoms with Gasteiger partial charge in [0.2, 0.25) is 0 Å². The van der Waals surface area contributed by atoms with Crippen molar-refractivity contribution in [1.82, 2.24) is 14.9 Å². The molecule has 31 heavy (non-hydrogen) atoms. The number of para-hydroxylation sites is 1. The van der Waals surface area contributed by atoms with Crippen LogP contribution in [0.15, 0.2) is 78.9 Å². The Labute approximate surface area is 181 Å². The number of likely N-dealkylation sites (N-methyl/N-ethyl adjacent to an activating group) is 1. The molecule has 0 bridgehead atoms. The second-order valence-corrected chi connectivity index (χ2v) is 7.36. The van der Waals surface area contributed by atoms with E-state index in [0.29, 0.717) is 18.1 Å². The molecule has 1 heterocycles. The number of aromatic nitrogens is 2. The van der Waals surface area contributed by atoms with Crippen molar-refractivity contribution in [2.75, 3.05) is 26.0 Å². The first-order valence-corrected chi connectivity index (χ1v) is 10.1. The van der Waals surface area contributed by atoms with E-state index in [4.69, 9.17) is 14.7 Å². The maximum Gasteiger partial charge on any atom is 0.259 e. The first kappa shape index (κ1) is 20.3. The Morgan fingerprint density at radius 2 is 1.71 bits per heavy atom. The lowest BCUT2D eigenvalue weighted by atomic mass is 10.1. The van der Waals surface area contributed by atoms with Crippen LogP contribution >= 0.6 is 0 Å². The molecule has 0 saturated carbocycles. The number of fused-ring (bicyclic) bond motifs is 1. The average molecular weight is 412 g/mol. The van der Waals surface area contributed by atoms with E-state index in [1.807, 2.05) is 78.9 Å². The normalized spacial score (nSPS) is 10.6. The van der Waals surface area contributed by atoms with Crippen molar-refractivity contribution in [3.05, 3.63) is 84.4 Å². The minimum Gasteiger partial charge on any atom is -0.484 e. The lowest BCUT2D eigenvalue weighted by Crippen LogP contribution is -2.27. The van der Waals surface area contributed by atoms with Crippen LogP contribution in [-0.4, -0.2) is 41.5 Å². The Kier molecular flexibility index (Phi) is 6.08. The van der Waals surface area contributed by atoms with E-state index in [2.05, 4.69) is 5.32 Å². The Morgan fingerprint density at radius 1 is 0.935 bits per heavy atom. The van der Waals surface area contributed by atoms with Crippen LogP contribution in [-0.2, 0) is 11.3 Å². The highest BCUT2D eigenvalue weighted by Gasteiger charge is 2.10. The summed E-state index contributed by atoms with van der Waals surface area (Å²) in [6, 6.07) is 25.6. The fourth-order valence-corrected chi connectivity index (χ4v) is 3.13. The highest BCUT2D eigenvalue weighted by molar-refractivity contribution is 5.90. The summed E-state index contributed by atoms with van der Waals surface area (Å²) in [6.45, 7) is 0.578. The number of nitrogens with one attached hydrogen (secondary N) is 1. The number of amides is 1. The first-order chi connectivity index (χ1) is 15.1. The van der Waals surface area contributed by atoms with E-state index < -0.39 is 0 Å². The Morgan fingerprint density at radius 3 is 2.52 bits per heavy atom. The molecular weight excluding hydrogens is 388 g/mol. The predicted molar refractivity (Wildman–Crippen MR) is 123 cm³/mol. The summed E-state index contributed by atoms with van der Waals surface area (Å²) >= 11 is 0. The van der Waals surface area contributed by atoms with Gasteiger partial charge in [-0.15, -0.1) is 0 Å². The van der Waals surface area contributed by atoms with Gasteiger partial charge >= 0.3 is 0 Å². The molecular formula is C25H24N4O2. The van der Waals surface area contributed by atoms with Gasteiger partial charge in [-0.3, -0.25) is 4.79 Å². The molecule has 156 valence electrons. The Hall–Kier alpha value is -3.93. The number of anilines is 1. The highest BCUT2D eigenvalue weighted by atomic mass is 16.5. The maximum absolute atomic E-state index is 11.8. The summed E-state index contributed by atoms with van der Waals surface area (Å²) < 4.78 is 5.62. The maximum atomic E-state index is 11.8. The zero-order chi connectivity index (χ0) is 21.6. The summed E-state index contributed by atoms with van der Waals surface area (Å²) in [5.41, 5.74) is 2.88. The molecule has 4 aromatic rings. The fourth-order valence-electron chi connectivity index (χ4n) is 3.13. The van der Waals surface area contributed by atoms with Crippen LogP contribution in [0.4, 0.5) is 5.82 Å². The third-order valence-electron chi connectivity index (χ3n) is 4.85. The van der Waals surface area contributed by atoms with Crippen LogP contribution in [0.5, 0.6) is 5.75 Å². The van der Waals surface area contributed by atoms with Crippen LogP contribution in [0.2, 0.25) is 0 Å². The molecule has 0 atom stereocenters. The summed E-state index contributed by atoms with van der Waals surface area (Å²) in [5.74, 6) is 2.04. The van der Waals surface area contributed by atoms with Gasteiger partial charge < -0.3 is 15.0 Å². The van der Waals surface area contributed by atoms with E-state index in [0.717, 1.165) is 27.8 Å². The van der Waals surface area contributed by atoms with Gasteiger partial charge in [0.05, 0.1) is 5.52 Å². The number of benzene rings is 3. The molecule has 0 aliphatic heterocycles. The molecule has 0 aliphatic rings. The number of carbonyl (C=O) groups excluding carboxylic acids is 1. The van der Waals surface area contributed by atoms with Crippen LogP contribution in [0.3, 0.4) is 0 Å². The van der Waals surface area contributed by atoms with Crippen molar-refractivity contribution in [1.29, 1.82) is 0 Å². The quantitative estimate of drug-likeness (QED) is 0.488. The molecule has 0 radical (unpaired) electrons. The molecule has 1 N–H and O–H groups in total. The molecule has 4 rings (SSSR count). The van der Waals surface area contributed by atoms with Gasteiger partial charge in [0.15, 0.2) is 12.4 Å². The van der Waals surface area contributed by atoms with Gasteiger partial charge in [-0.05, 0) is 29.8 Å². The van der Waals surface area contributed by atoms with Gasteiger partial charge in [-0.2, -0.15) is 0 Å². The van der Waals surface area contributed by atoms with E-state index in [-0.39, 0.29) is 12.5 Å². The van der Waals surface area contributed by atoms with E-state index in [1.54, 1.807) is 14.1 Å². The van der Waals surface area contributed by atoms with Crippen LogP contribution in [0.25, 0.3) is 22.3 Å². The average Bonchev–Trinajstić information content (AvgIpc) is 2.81. The standard InChI is InChI=1S/C25H24N4O2/c1-29(2)23(30)17-31-20-12-8-9-18(15-20)16-26-25-21-13-6-7-14-22(21)27-24(28-25)19-10-4-3-5-11-19/h3-15H,16-17H2,1-2H3,(H,26,27,28). The fraction of sp³-hybridized carbons (Fsp3) is 0.160. The number of nitrogens with zero attached hydrogens (tertiary/aromatic N) is 3.